The number of aromatic nitrogens is 2. The number of aliphatic hydroxyl groups is 1. The van der Waals surface area contributed by atoms with Gasteiger partial charge in [0.05, 0.1) is 22.2 Å². The van der Waals surface area contributed by atoms with Crippen LogP contribution in [-0.2, 0) is 22.6 Å². The van der Waals surface area contributed by atoms with E-state index >= 15 is 0 Å². The molecule has 224 valence electrons. The van der Waals surface area contributed by atoms with E-state index in [-0.39, 0.29) is 18.9 Å². The van der Waals surface area contributed by atoms with Crippen LogP contribution in [0.25, 0.3) is 10.4 Å². The van der Waals surface area contributed by atoms with E-state index in [0.717, 1.165) is 65.9 Å². The molecule has 0 radical (unpaired) electrons. The van der Waals surface area contributed by atoms with Gasteiger partial charge < -0.3 is 30.1 Å². The highest BCUT2D eigenvalue weighted by molar-refractivity contribution is 7.13. The van der Waals surface area contributed by atoms with Gasteiger partial charge in [-0.1, -0.05) is 57.1 Å². The Hall–Kier alpha value is -3.28. The smallest absolute Gasteiger partial charge is 0.243 e. The fourth-order valence-corrected chi connectivity index (χ4v) is 5.53. The fourth-order valence-electron chi connectivity index (χ4n) is 4.72. The lowest BCUT2D eigenvalue weighted by Crippen LogP contribution is -2.43. The maximum absolute atomic E-state index is 12.2. The molecule has 11 heteroatoms. The Morgan fingerprint density at radius 1 is 1.24 bits per heavy atom. The van der Waals surface area contributed by atoms with Gasteiger partial charge in [0.1, 0.15) is 11.8 Å². The van der Waals surface area contributed by atoms with Crippen LogP contribution in [0.15, 0.2) is 40.4 Å². The summed E-state index contributed by atoms with van der Waals surface area (Å²) in [5.74, 6) is 2.38. The number of aryl methyl sites for hydroxylation is 1. The first kappa shape index (κ1) is 32.2. The van der Waals surface area contributed by atoms with Gasteiger partial charge in [-0.3, -0.25) is 9.59 Å². The molecule has 41 heavy (non-hydrogen) atoms. The van der Waals surface area contributed by atoms with Crippen LogP contribution in [-0.4, -0.2) is 77.3 Å². The molecule has 2 aliphatic rings. The zero-order valence-corrected chi connectivity index (χ0v) is 25.6. The Labute approximate surface area is 247 Å². The number of hydrogen-bond donors (Lipinski definition) is 3. The summed E-state index contributed by atoms with van der Waals surface area (Å²) in [6.45, 7) is 15.1. The summed E-state index contributed by atoms with van der Waals surface area (Å²) in [5, 5.41) is 19.9. The molecule has 3 aromatic rings. The highest BCUT2D eigenvalue weighted by Gasteiger charge is 2.34. The number of nitrogens with zero attached hydrogens (tertiary/aromatic N) is 4. The summed E-state index contributed by atoms with van der Waals surface area (Å²) >= 11 is 1.60. The molecule has 2 aliphatic heterocycles. The maximum atomic E-state index is 12.2. The average Bonchev–Trinajstić information content (AvgIpc) is 3.73. The third-order valence-electron chi connectivity index (χ3n) is 6.78. The molecule has 2 atom stereocenters. The van der Waals surface area contributed by atoms with Crippen molar-refractivity contribution in [3.63, 3.8) is 0 Å². The van der Waals surface area contributed by atoms with E-state index in [1.165, 1.54) is 4.90 Å². The van der Waals surface area contributed by atoms with E-state index in [4.69, 9.17) is 4.52 Å². The van der Waals surface area contributed by atoms with Gasteiger partial charge in [0.2, 0.25) is 12.3 Å². The number of piperazine rings is 1. The summed E-state index contributed by atoms with van der Waals surface area (Å²) in [5.41, 5.74) is 4.92. The Morgan fingerprint density at radius 2 is 1.95 bits per heavy atom. The van der Waals surface area contributed by atoms with E-state index < -0.39 is 12.1 Å². The first-order chi connectivity index (χ1) is 19.8. The van der Waals surface area contributed by atoms with E-state index in [0.29, 0.717) is 18.9 Å². The lowest BCUT2D eigenvalue weighted by atomic mass is 10.1. The monoisotopic (exact) mass is 584 g/mol. The van der Waals surface area contributed by atoms with Gasteiger partial charge in [-0.05, 0) is 24.0 Å². The van der Waals surface area contributed by atoms with Crippen molar-refractivity contribution in [2.45, 2.75) is 66.2 Å². The highest BCUT2D eigenvalue weighted by atomic mass is 32.1. The minimum atomic E-state index is -0.632. The van der Waals surface area contributed by atoms with E-state index in [9.17, 15) is 14.7 Å². The van der Waals surface area contributed by atoms with Crippen LogP contribution >= 0.6 is 11.3 Å². The third kappa shape index (κ3) is 9.37. The minimum absolute atomic E-state index is 0.213. The first-order valence-corrected chi connectivity index (χ1v) is 15.3. The number of nitrogens with one attached hydrogen (secondary N) is 2. The molecule has 2 aromatic heterocycles. The maximum Gasteiger partial charge on any atom is 0.243 e. The molecule has 0 spiro atoms. The molecule has 4 heterocycles. The molecule has 10 nitrogen and oxygen atoms in total. The molecule has 1 unspecified atom stereocenters. The number of carbonyl (C=O) groups excluding carboxylic acids is 2. The summed E-state index contributed by atoms with van der Waals surface area (Å²) < 4.78 is 5.32. The quantitative estimate of drug-likeness (QED) is 0.343. The van der Waals surface area contributed by atoms with Crippen molar-refractivity contribution in [3.8, 4) is 10.4 Å². The number of aliphatic hydroxyl groups excluding tert-OH is 1. The number of amides is 2. The van der Waals surface area contributed by atoms with E-state index in [2.05, 4.69) is 45.6 Å². The van der Waals surface area contributed by atoms with Gasteiger partial charge in [-0.15, -0.1) is 11.3 Å². The van der Waals surface area contributed by atoms with Gasteiger partial charge in [0.25, 0.3) is 0 Å². The molecule has 3 N–H and O–H groups in total. The minimum Gasteiger partial charge on any atom is -0.391 e. The second-order valence-electron chi connectivity index (χ2n) is 10.4. The van der Waals surface area contributed by atoms with Crippen LogP contribution in [0.3, 0.4) is 0 Å². The Balaban J connectivity index is 0.000000233. The van der Waals surface area contributed by atoms with Crippen LogP contribution in [0.1, 0.15) is 51.1 Å². The predicted molar refractivity (Wildman–Crippen MR) is 163 cm³/mol. The number of carbonyl (C=O) groups is 2. The zero-order chi connectivity index (χ0) is 29.8. The molecule has 0 saturated carbocycles. The van der Waals surface area contributed by atoms with Gasteiger partial charge in [0.15, 0.2) is 5.82 Å². The topological polar surface area (TPSA) is 124 Å². The number of benzene rings is 1. The molecule has 0 aliphatic carbocycles. The number of β-amino-alcohol motifs (C(OH)–C–C–N with tert-alkyl or cyclic N) is 1. The standard InChI is InChI=1S/C17H19N3O3S.C11H19N3O.C2H6/c1-11-16(24-9-19-11)13-4-2-12(3-5-13)7-18-17(23)15-6-14(22)8-20(15)10-21;1-9(2)7-10-8-11(13-15-10)14-5-3-12-4-6-14;1-2/h2-5,9-10,14-15,22H,6-8H2,1H3,(H,18,23);8-9,12H,3-7H2,1-2H3;1-2H3/t14?,15-;;/m0../s1. The Morgan fingerprint density at radius 3 is 2.56 bits per heavy atom. The van der Waals surface area contributed by atoms with Crippen molar-refractivity contribution >= 4 is 29.5 Å². The SMILES string of the molecule is CC.CC(C)Cc1cc(N2CCNCC2)no1.Cc1ncsc1-c1ccc(CNC(=O)[C@@H]2CC(O)CN2C=O)cc1. The van der Waals surface area contributed by atoms with Crippen molar-refractivity contribution in [2.75, 3.05) is 37.6 Å². The van der Waals surface area contributed by atoms with Crippen LogP contribution in [0, 0.1) is 12.8 Å². The summed E-state index contributed by atoms with van der Waals surface area (Å²) in [4.78, 5) is 32.2. The average molecular weight is 585 g/mol. The van der Waals surface area contributed by atoms with Crippen LogP contribution in [0.2, 0.25) is 0 Å². The van der Waals surface area contributed by atoms with Gasteiger partial charge in [-0.2, -0.15) is 0 Å². The van der Waals surface area contributed by atoms with Crippen molar-refractivity contribution in [1.29, 1.82) is 0 Å². The lowest BCUT2D eigenvalue weighted by molar-refractivity contribution is -0.131. The zero-order valence-electron chi connectivity index (χ0n) is 24.8. The van der Waals surface area contributed by atoms with Gasteiger partial charge in [-0.25, -0.2) is 4.98 Å². The summed E-state index contributed by atoms with van der Waals surface area (Å²) in [6, 6.07) is 9.45. The number of rotatable bonds is 8. The van der Waals surface area contributed by atoms with E-state index in [1.807, 2.05) is 50.5 Å². The van der Waals surface area contributed by atoms with Crippen molar-refractivity contribution < 1.29 is 19.2 Å². The summed E-state index contributed by atoms with van der Waals surface area (Å²) in [7, 11) is 0. The van der Waals surface area contributed by atoms with Crippen LogP contribution < -0.4 is 15.5 Å². The number of anilines is 1. The highest BCUT2D eigenvalue weighted by Crippen LogP contribution is 2.27. The molecule has 2 fully saturated rings. The van der Waals surface area contributed by atoms with E-state index in [1.54, 1.807) is 11.3 Å². The summed E-state index contributed by atoms with van der Waals surface area (Å²) in [6.07, 6.45) is 1.24. The number of thiazole rings is 1. The number of likely N-dealkylation sites (tertiary alicyclic amines) is 1. The third-order valence-corrected chi connectivity index (χ3v) is 7.76. The van der Waals surface area contributed by atoms with Crippen LogP contribution in [0.4, 0.5) is 5.82 Å². The lowest BCUT2D eigenvalue weighted by Gasteiger charge is -2.26. The second-order valence-corrected chi connectivity index (χ2v) is 11.2. The normalized spacial score (nSPS) is 18.3. The van der Waals surface area contributed by atoms with Gasteiger partial charge in [0, 0.05) is 58.2 Å². The van der Waals surface area contributed by atoms with Crippen molar-refractivity contribution in [2.24, 2.45) is 5.92 Å². The first-order valence-electron chi connectivity index (χ1n) is 14.4. The van der Waals surface area contributed by atoms with Crippen molar-refractivity contribution in [1.82, 2.24) is 25.7 Å². The molecule has 1 aromatic carbocycles. The van der Waals surface area contributed by atoms with Crippen molar-refractivity contribution in [3.05, 3.63) is 52.9 Å². The van der Waals surface area contributed by atoms with Crippen LogP contribution in [0.5, 0.6) is 0 Å². The Kier molecular flexibility index (Phi) is 12.8. The number of hydrogen-bond acceptors (Lipinski definition) is 9. The predicted octanol–water partition coefficient (Wildman–Crippen LogP) is 3.64. The van der Waals surface area contributed by atoms with Gasteiger partial charge >= 0.3 is 0 Å². The molecule has 2 amide bonds. The molecule has 0 bridgehead atoms. The molecule has 2 saturated heterocycles. The molecular weight excluding hydrogens is 540 g/mol. The fraction of sp³-hybridized carbons (Fsp3) is 0.533. The Bertz CT molecular complexity index is 1210. The molecule has 5 rings (SSSR count). The molecular formula is C30H44N6O4S. The second kappa shape index (κ2) is 16.2. The largest absolute Gasteiger partial charge is 0.391 e.